The molecule has 3 atom stereocenters. The van der Waals surface area contributed by atoms with Gasteiger partial charge in [-0.1, -0.05) is 26.2 Å². The second-order valence-electron chi connectivity index (χ2n) is 5.29. The predicted molar refractivity (Wildman–Crippen MR) is 63.0 cm³/mol. The van der Waals surface area contributed by atoms with Crippen molar-refractivity contribution in [1.29, 1.82) is 0 Å². The van der Waals surface area contributed by atoms with Crippen molar-refractivity contribution in [3.63, 3.8) is 0 Å². The van der Waals surface area contributed by atoms with Crippen LogP contribution in [0.5, 0.6) is 0 Å². The van der Waals surface area contributed by atoms with Crippen molar-refractivity contribution in [2.45, 2.75) is 64.0 Å². The van der Waals surface area contributed by atoms with Gasteiger partial charge >= 0.3 is 0 Å². The summed E-state index contributed by atoms with van der Waals surface area (Å²) in [4.78, 5) is 0. The largest absolute Gasteiger partial charge is 0.372 e. The number of nitrogens with one attached hydrogen (secondary N) is 1. The molecule has 1 spiro atoms. The average Bonchev–Trinajstić information content (AvgIpc) is 2.46. The zero-order valence-corrected chi connectivity index (χ0v) is 10.2. The molecule has 2 aliphatic rings. The van der Waals surface area contributed by atoms with E-state index in [2.05, 4.69) is 19.2 Å². The summed E-state index contributed by atoms with van der Waals surface area (Å²) in [6.07, 6.45) is 8.00. The van der Waals surface area contributed by atoms with Crippen LogP contribution in [0, 0.1) is 5.92 Å². The van der Waals surface area contributed by atoms with E-state index in [0.29, 0.717) is 6.04 Å². The highest BCUT2D eigenvalue weighted by Gasteiger charge is 2.40. The molecule has 2 nitrogen and oxygen atoms in total. The van der Waals surface area contributed by atoms with Gasteiger partial charge in [-0.2, -0.15) is 0 Å². The van der Waals surface area contributed by atoms with Gasteiger partial charge in [0.25, 0.3) is 0 Å². The minimum atomic E-state index is 0.169. The Balaban J connectivity index is 2.01. The fourth-order valence-corrected chi connectivity index (χ4v) is 3.23. The summed E-state index contributed by atoms with van der Waals surface area (Å²) < 4.78 is 6.13. The van der Waals surface area contributed by atoms with Gasteiger partial charge in [0.05, 0.1) is 12.2 Å². The molecule has 0 aromatic carbocycles. The normalized spacial score (nSPS) is 42.8. The highest BCUT2D eigenvalue weighted by molar-refractivity contribution is 4.95. The summed E-state index contributed by atoms with van der Waals surface area (Å²) in [6.45, 7) is 6.55. The van der Waals surface area contributed by atoms with Gasteiger partial charge in [0.1, 0.15) is 0 Å². The summed E-state index contributed by atoms with van der Waals surface area (Å²) >= 11 is 0. The lowest BCUT2D eigenvalue weighted by Crippen LogP contribution is -2.56. The highest BCUT2D eigenvalue weighted by atomic mass is 16.5. The van der Waals surface area contributed by atoms with Gasteiger partial charge in [0, 0.05) is 12.6 Å². The van der Waals surface area contributed by atoms with Crippen LogP contribution in [0.3, 0.4) is 0 Å². The Morgan fingerprint density at radius 1 is 1.33 bits per heavy atom. The van der Waals surface area contributed by atoms with Crippen molar-refractivity contribution in [2.24, 2.45) is 5.92 Å². The zero-order valence-electron chi connectivity index (χ0n) is 10.2. The van der Waals surface area contributed by atoms with Crippen molar-refractivity contribution in [1.82, 2.24) is 5.32 Å². The van der Waals surface area contributed by atoms with E-state index in [0.717, 1.165) is 19.1 Å². The van der Waals surface area contributed by atoms with Gasteiger partial charge in [-0.25, -0.2) is 0 Å². The number of hydrogen-bond acceptors (Lipinski definition) is 2. The minimum Gasteiger partial charge on any atom is -0.372 e. The molecule has 1 aliphatic heterocycles. The fourth-order valence-electron chi connectivity index (χ4n) is 3.23. The average molecular weight is 211 g/mol. The van der Waals surface area contributed by atoms with E-state index in [1.54, 1.807) is 0 Å². The molecule has 1 heterocycles. The maximum absolute atomic E-state index is 6.13. The smallest absolute Gasteiger partial charge is 0.0832 e. The van der Waals surface area contributed by atoms with Crippen molar-refractivity contribution >= 4 is 0 Å². The Bertz CT molecular complexity index is 207. The summed E-state index contributed by atoms with van der Waals surface area (Å²) in [5, 5.41) is 3.58. The monoisotopic (exact) mass is 211 g/mol. The first kappa shape index (κ1) is 11.4. The molecule has 0 bridgehead atoms. The first-order valence-electron chi connectivity index (χ1n) is 6.64. The van der Waals surface area contributed by atoms with Crippen LogP contribution in [-0.2, 0) is 4.74 Å². The standard InChI is InChI=1S/C13H25NO/c1-3-12-5-4-7-13(8-6-12)11(2)14-9-10-15-13/h11-12,14H,3-10H2,1-2H3. The maximum atomic E-state index is 6.13. The Morgan fingerprint density at radius 3 is 2.93 bits per heavy atom. The number of hydrogen-bond donors (Lipinski definition) is 1. The molecule has 2 fully saturated rings. The van der Waals surface area contributed by atoms with E-state index < -0.39 is 0 Å². The van der Waals surface area contributed by atoms with E-state index in [9.17, 15) is 0 Å². The van der Waals surface area contributed by atoms with Gasteiger partial charge in [-0.3, -0.25) is 0 Å². The predicted octanol–water partition coefficient (Wildman–Crippen LogP) is 2.72. The maximum Gasteiger partial charge on any atom is 0.0832 e. The summed E-state index contributed by atoms with van der Waals surface area (Å²) in [5.41, 5.74) is 0.169. The second kappa shape index (κ2) is 4.84. The van der Waals surface area contributed by atoms with Crippen molar-refractivity contribution in [3.8, 4) is 0 Å². The quantitative estimate of drug-likeness (QED) is 0.720. The highest BCUT2D eigenvalue weighted by Crippen LogP contribution is 2.37. The molecule has 2 heteroatoms. The first-order valence-corrected chi connectivity index (χ1v) is 6.64. The van der Waals surface area contributed by atoms with Crippen LogP contribution in [0.25, 0.3) is 0 Å². The SMILES string of the molecule is CCC1CCCC2(CC1)OCCNC2C. The van der Waals surface area contributed by atoms with Gasteiger partial charge in [0.2, 0.25) is 0 Å². The Hall–Kier alpha value is -0.0800. The molecule has 1 saturated carbocycles. The van der Waals surface area contributed by atoms with Crippen LogP contribution in [0.4, 0.5) is 0 Å². The molecule has 15 heavy (non-hydrogen) atoms. The van der Waals surface area contributed by atoms with Gasteiger partial charge < -0.3 is 10.1 Å². The van der Waals surface area contributed by atoms with Crippen LogP contribution < -0.4 is 5.32 Å². The third-order valence-electron chi connectivity index (χ3n) is 4.50. The van der Waals surface area contributed by atoms with Crippen molar-refractivity contribution in [3.05, 3.63) is 0 Å². The molecule has 0 amide bonds. The first-order chi connectivity index (χ1) is 7.27. The molecule has 3 unspecified atom stereocenters. The number of ether oxygens (including phenoxy) is 1. The minimum absolute atomic E-state index is 0.169. The Morgan fingerprint density at radius 2 is 2.20 bits per heavy atom. The Kier molecular flexibility index (Phi) is 3.68. The van der Waals surface area contributed by atoms with Crippen LogP contribution in [0.15, 0.2) is 0 Å². The lowest BCUT2D eigenvalue weighted by molar-refractivity contribution is -0.102. The third kappa shape index (κ3) is 2.36. The molecular weight excluding hydrogens is 186 g/mol. The third-order valence-corrected chi connectivity index (χ3v) is 4.50. The van der Waals surface area contributed by atoms with Crippen LogP contribution in [-0.4, -0.2) is 24.8 Å². The van der Waals surface area contributed by atoms with Gasteiger partial charge in [0.15, 0.2) is 0 Å². The molecule has 1 aliphatic carbocycles. The number of morpholine rings is 1. The molecule has 0 radical (unpaired) electrons. The van der Waals surface area contributed by atoms with E-state index in [-0.39, 0.29) is 5.60 Å². The van der Waals surface area contributed by atoms with Crippen molar-refractivity contribution < 1.29 is 4.74 Å². The lowest BCUT2D eigenvalue weighted by Gasteiger charge is -2.43. The van der Waals surface area contributed by atoms with E-state index in [4.69, 9.17) is 4.74 Å². The molecule has 1 saturated heterocycles. The topological polar surface area (TPSA) is 21.3 Å². The molecule has 0 aromatic heterocycles. The van der Waals surface area contributed by atoms with E-state index in [1.165, 1.54) is 38.5 Å². The fraction of sp³-hybridized carbons (Fsp3) is 1.00. The summed E-state index contributed by atoms with van der Waals surface area (Å²) in [6, 6.07) is 0.543. The molecule has 1 N–H and O–H groups in total. The van der Waals surface area contributed by atoms with Crippen LogP contribution in [0.1, 0.15) is 52.4 Å². The molecule has 2 rings (SSSR count). The van der Waals surface area contributed by atoms with Crippen LogP contribution >= 0.6 is 0 Å². The summed E-state index contributed by atoms with van der Waals surface area (Å²) in [5.74, 6) is 0.946. The second-order valence-corrected chi connectivity index (χ2v) is 5.29. The lowest BCUT2D eigenvalue weighted by atomic mass is 9.85. The molecular formula is C13H25NO. The molecule has 0 aromatic rings. The van der Waals surface area contributed by atoms with Crippen molar-refractivity contribution in [2.75, 3.05) is 13.2 Å². The van der Waals surface area contributed by atoms with Gasteiger partial charge in [-0.05, 0) is 32.1 Å². The summed E-state index contributed by atoms with van der Waals surface area (Å²) in [7, 11) is 0. The van der Waals surface area contributed by atoms with Crippen LogP contribution in [0.2, 0.25) is 0 Å². The zero-order chi connectivity index (χ0) is 10.7. The van der Waals surface area contributed by atoms with E-state index >= 15 is 0 Å². The molecule has 88 valence electrons. The Labute approximate surface area is 93.8 Å². The van der Waals surface area contributed by atoms with Gasteiger partial charge in [-0.15, -0.1) is 0 Å². The number of rotatable bonds is 1. The van der Waals surface area contributed by atoms with E-state index in [1.807, 2.05) is 0 Å².